The first-order chi connectivity index (χ1) is 11.0. The normalized spacial score (nSPS) is 21.3. The lowest BCUT2D eigenvalue weighted by Gasteiger charge is -2.35. The highest BCUT2D eigenvalue weighted by Crippen LogP contribution is 2.33. The fraction of sp³-hybridized carbons (Fsp3) is 0.632. The minimum atomic E-state index is -0.228. The molecule has 4 heteroatoms. The van der Waals surface area contributed by atoms with Crippen LogP contribution in [0, 0.1) is 23.2 Å². The van der Waals surface area contributed by atoms with Crippen molar-refractivity contribution in [2.45, 2.75) is 55.4 Å². The molecule has 1 aliphatic carbocycles. The molecule has 1 heterocycles. The van der Waals surface area contributed by atoms with Gasteiger partial charge in [-0.1, -0.05) is 66.2 Å². The molecular formula is C19H32N2O2. The van der Waals surface area contributed by atoms with Gasteiger partial charge in [-0.3, -0.25) is 9.59 Å². The number of hydrogen-bond donors (Lipinski definition) is 0. The number of nitrogens with zero attached hydrogens (tertiary/aromatic N) is 2. The van der Waals surface area contributed by atoms with Gasteiger partial charge in [0.05, 0.1) is 5.57 Å². The quantitative estimate of drug-likeness (QED) is 0.630. The van der Waals surface area contributed by atoms with Crippen molar-refractivity contribution < 1.29 is 9.59 Å². The van der Waals surface area contributed by atoms with Crippen LogP contribution in [0.2, 0.25) is 0 Å². The summed E-state index contributed by atoms with van der Waals surface area (Å²) in [7, 11) is 0. The maximum Gasteiger partial charge on any atom is 0.219 e. The van der Waals surface area contributed by atoms with E-state index in [4.69, 9.17) is 5.26 Å². The van der Waals surface area contributed by atoms with Crippen LogP contribution in [0.5, 0.6) is 0 Å². The van der Waals surface area contributed by atoms with Crippen LogP contribution in [0.4, 0.5) is 0 Å². The van der Waals surface area contributed by atoms with Crippen LogP contribution in [0.3, 0.4) is 0 Å². The maximum atomic E-state index is 11.8. The van der Waals surface area contributed by atoms with Crippen molar-refractivity contribution in [3.05, 3.63) is 23.3 Å². The van der Waals surface area contributed by atoms with E-state index in [-0.39, 0.29) is 29.1 Å². The molecule has 0 fully saturated rings. The highest BCUT2D eigenvalue weighted by Gasteiger charge is 2.34. The molecule has 2 unspecified atom stereocenters. The van der Waals surface area contributed by atoms with Gasteiger partial charge in [-0.2, -0.15) is 5.26 Å². The molecule has 0 saturated carbocycles. The number of allylic oxidation sites excluding steroid dienone is 1. The molecule has 0 aromatic carbocycles. The molecule has 0 aromatic heterocycles. The van der Waals surface area contributed by atoms with Crippen molar-refractivity contribution in [1.29, 1.82) is 5.26 Å². The van der Waals surface area contributed by atoms with E-state index in [1.807, 2.05) is 60.6 Å². The van der Waals surface area contributed by atoms with Gasteiger partial charge in [0.1, 0.15) is 6.07 Å². The summed E-state index contributed by atoms with van der Waals surface area (Å²) in [6, 6.07) is 1.94. The van der Waals surface area contributed by atoms with E-state index in [0.29, 0.717) is 13.1 Å². The predicted octanol–water partition coefficient (Wildman–Crippen LogP) is 4.14. The number of carbonyl (C=O) groups excluding carboxylic acids is 2. The molecule has 2 rings (SSSR count). The van der Waals surface area contributed by atoms with Gasteiger partial charge in [0, 0.05) is 31.8 Å². The monoisotopic (exact) mass is 320 g/mol. The zero-order valence-electron chi connectivity index (χ0n) is 15.9. The number of fused-ring (bicyclic) bond motifs is 1. The summed E-state index contributed by atoms with van der Waals surface area (Å²) < 4.78 is 0. The Hall–Kier alpha value is -1.89. The first-order valence-electron chi connectivity index (χ1n) is 8.66. The number of carbonyl (C=O) groups is 2. The number of ketones is 1. The van der Waals surface area contributed by atoms with Crippen molar-refractivity contribution >= 4 is 11.7 Å². The lowest BCUT2D eigenvalue weighted by atomic mass is 9.76. The van der Waals surface area contributed by atoms with Gasteiger partial charge >= 0.3 is 0 Å². The van der Waals surface area contributed by atoms with E-state index in [2.05, 4.69) is 0 Å². The van der Waals surface area contributed by atoms with Crippen molar-refractivity contribution in [2.75, 3.05) is 13.1 Å². The SMILES string of the molecule is CC.CC.CC.CC(=O)N1CC=C2C(C=C(C#N)C(=O)C2C)C1. The second-order valence-corrected chi connectivity index (χ2v) is 4.51. The van der Waals surface area contributed by atoms with Crippen molar-refractivity contribution in [3.63, 3.8) is 0 Å². The van der Waals surface area contributed by atoms with Gasteiger partial charge in [-0.15, -0.1) is 0 Å². The Kier molecular flexibility index (Phi) is 12.8. The molecule has 130 valence electrons. The Bertz CT molecular complexity index is 484. The summed E-state index contributed by atoms with van der Waals surface area (Å²) in [5, 5.41) is 8.91. The van der Waals surface area contributed by atoms with Crippen LogP contribution in [-0.2, 0) is 9.59 Å². The van der Waals surface area contributed by atoms with Crippen molar-refractivity contribution in [3.8, 4) is 6.07 Å². The minimum absolute atomic E-state index is 0.0231. The number of Topliss-reactive ketones (excluding diaryl/α,β-unsaturated/α-hetero) is 1. The average molecular weight is 320 g/mol. The molecule has 1 amide bonds. The van der Waals surface area contributed by atoms with Gasteiger partial charge in [0.2, 0.25) is 5.91 Å². The second kappa shape index (κ2) is 12.6. The molecule has 0 aromatic rings. The molecule has 0 bridgehead atoms. The molecule has 2 atom stereocenters. The fourth-order valence-corrected chi connectivity index (χ4v) is 2.45. The Morgan fingerprint density at radius 2 is 1.74 bits per heavy atom. The number of hydrogen-bond acceptors (Lipinski definition) is 3. The Morgan fingerprint density at radius 1 is 1.22 bits per heavy atom. The highest BCUT2D eigenvalue weighted by atomic mass is 16.2. The first kappa shape index (κ1) is 23.4. The van der Waals surface area contributed by atoms with Crippen LogP contribution in [-0.4, -0.2) is 29.7 Å². The number of amides is 1. The summed E-state index contributed by atoms with van der Waals surface area (Å²) in [5.41, 5.74) is 1.27. The third-order valence-electron chi connectivity index (χ3n) is 3.48. The molecule has 0 N–H and O–H groups in total. The van der Waals surface area contributed by atoms with E-state index < -0.39 is 0 Å². The van der Waals surface area contributed by atoms with Gasteiger partial charge in [0.25, 0.3) is 0 Å². The zero-order valence-corrected chi connectivity index (χ0v) is 15.9. The third kappa shape index (κ3) is 6.02. The molecule has 1 aliphatic heterocycles. The summed E-state index contributed by atoms with van der Waals surface area (Å²) >= 11 is 0. The first-order valence-corrected chi connectivity index (χ1v) is 8.66. The van der Waals surface area contributed by atoms with Crippen LogP contribution >= 0.6 is 0 Å². The number of rotatable bonds is 0. The Morgan fingerprint density at radius 3 is 2.17 bits per heavy atom. The third-order valence-corrected chi connectivity index (χ3v) is 3.48. The summed E-state index contributed by atoms with van der Waals surface area (Å²) in [6.45, 7) is 16.5. The summed E-state index contributed by atoms with van der Waals surface area (Å²) in [6.07, 6.45) is 3.64. The molecule has 0 radical (unpaired) electrons. The second-order valence-electron chi connectivity index (χ2n) is 4.51. The topological polar surface area (TPSA) is 61.2 Å². The predicted molar refractivity (Wildman–Crippen MR) is 95.7 cm³/mol. The van der Waals surface area contributed by atoms with Gasteiger partial charge in [0.15, 0.2) is 5.78 Å². The van der Waals surface area contributed by atoms with Crippen molar-refractivity contribution in [2.24, 2.45) is 11.8 Å². The van der Waals surface area contributed by atoms with Crippen LogP contribution < -0.4 is 0 Å². The van der Waals surface area contributed by atoms with Crippen LogP contribution in [0.15, 0.2) is 23.3 Å². The fourth-order valence-electron chi connectivity index (χ4n) is 2.45. The van der Waals surface area contributed by atoms with E-state index in [9.17, 15) is 9.59 Å². The molecule has 2 aliphatic rings. The molecule has 0 saturated heterocycles. The molecule has 23 heavy (non-hydrogen) atoms. The van der Waals surface area contributed by atoms with Gasteiger partial charge in [-0.05, 0) is 0 Å². The van der Waals surface area contributed by atoms with Gasteiger partial charge in [-0.25, -0.2) is 0 Å². The standard InChI is InChI=1S/C13H14N2O2.3C2H6/c1-8-12-3-4-15(9(2)16)7-11(12)5-10(6-14)13(8)17;3*1-2/h3,5,8,11H,4,7H2,1-2H3;3*1-2H3. The highest BCUT2D eigenvalue weighted by molar-refractivity contribution is 6.03. The lowest BCUT2D eigenvalue weighted by molar-refractivity contribution is -0.128. The smallest absolute Gasteiger partial charge is 0.219 e. The minimum Gasteiger partial charge on any atom is -0.338 e. The average Bonchev–Trinajstić information content (AvgIpc) is 2.62. The van der Waals surface area contributed by atoms with E-state index in [1.54, 1.807) is 11.0 Å². The molecular weight excluding hydrogens is 288 g/mol. The summed E-state index contributed by atoms with van der Waals surface area (Å²) in [5.74, 6) is -0.285. The van der Waals surface area contributed by atoms with E-state index in [0.717, 1.165) is 5.57 Å². The van der Waals surface area contributed by atoms with Gasteiger partial charge < -0.3 is 4.90 Å². The van der Waals surface area contributed by atoms with E-state index in [1.165, 1.54) is 6.92 Å². The van der Waals surface area contributed by atoms with Crippen molar-refractivity contribution in [1.82, 2.24) is 4.90 Å². The largest absolute Gasteiger partial charge is 0.338 e. The molecule has 0 spiro atoms. The summed E-state index contributed by atoms with van der Waals surface area (Å²) in [4.78, 5) is 24.9. The Labute approximate surface area is 141 Å². The van der Waals surface area contributed by atoms with E-state index >= 15 is 0 Å². The number of nitriles is 1. The van der Waals surface area contributed by atoms with Crippen LogP contribution in [0.1, 0.15) is 55.4 Å². The lowest BCUT2D eigenvalue weighted by Crippen LogP contribution is -2.41. The molecule has 4 nitrogen and oxygen atoms in total. The maximum absolute atomic E-state index is 11.8. The Balaban J connectivity index is 0. The van der Waals surface area contributed by atoms with Crippen LogP contribution in [0.25, 0.3) is 0 Å². The zero-order chi connectivity index (χ0) is 18.6.